The molecule has 2 rings (SSSR count). The Hall–Kier alpha value is -1.59. The molecule has 140 valence electrons. The van der Waals surface area contributed by atoms with Crippen LogP contribution in [0.1, 0.15) is 39.5 Å². The highest BCUT2D eigenvalue weighted by molar-refractivity contribution is 5.95. The average Bonchev–Trinajstić information content (AvgIpc) is 3.08. The standard InChI is InChI=1S/C20H32N2O3/c1-20(2,15-7-5-6-8-15)19(24)21-16-9-11-18(12-10-16)25-14-17(23)13-22(3)4/h9-12,15,17,23H,5-8,13-14H2,1-4H3,(H,21,24). The number of amides is 1. The van der Waals surface area contributed by atoms with Gasteiger partial charge in [0.05, 0.1) is 0 Å². The maximum atomic E-state index is 12.6. The van der Waals surface area contributed by atoms with Crippen LogP contribution >= 0.6 is 0 Å². The Morgan fingerprint density at radius 2 is 1.88 bits per heavy atom. The number of carbonyl (C=O) groups is 1. The molecule has 1 saturated carbocycles. The first kappa shape index (κ1) is 19.7. The van der Waals surface area contributed by atoms with Gasteiger partial charge in [0.25, 0.3) is 0 Å². The average molecular weight is 348 g/mol. The normalized spacial score (nSPS) is 16.9. The molecule has 1 amide bonds. The fourth-order valence-corrected chi connectivity index (χ4v) is 3.43. The summed E-state index contributed by atoms with van der Waals surface area (Å²) in [7, 11) is 3.82. The van der Waals surface area contributed by atoms with Gasteiger partial charge >= 0.3 is 0 Å². The number of hydrogen-bond donors (Lipinski definition) is 2. The minimum absolute atomic E-state index is 0.0782. The molecular formula is C20H32N2O3. The minimum Gasteiger partial charge on any atom is -0.491 e. The largest absolute Gasteiger partial charge is 0.491 e. The van der Waals surface area contributed by atoms with Crippen molar-refractivity contribution in [3.8, 4) is 5.75 Å². The molecule has 1 unspecified atom stereocenters. The van der Waals surface area contributed by atoms with E-state index in [9.17, 15) is 9.90 Å². The highest BCUT2D eigenvalue weighted by Gasteiger charge is 2.38. The van der Waals surface area contributed by atoms with Crippen molar-refractivity contribution in [1.82, 2.24) is 4.90 Å². The number of hydrogen-bond acceptors (Lipinski definition) is 4. The van der Waals surface area contributed by atoms with Crippen LogP contribution in [0.15, 0.2) is 24.3 Å². The molecule has 1 aliphatic carbocycles. The monoisotopic (exact) mass is 348 g/mol. The van der Waals surface area contributed by atoms with Crippen LogP contribution in [0.4, 0.5) is 5.69 Å². The molecule has 1 fully saturated rings. The quantitative estimate of drug-likeness (QED) is 0.758. The zero-order chi connectivity index (χ0) is 18.4. The molecule has 2 N–H and O–H groups in total. The van der Waals surface area contributed by atoms with E-state index in [0.717, 1.165) is 18.5 Å². The van der Waals surface area contributed by atoms with Crippen molar-refractivity contribution in [3.05, 3.63) is 24.3 Å². The third-order valence-corrected chi connectivity index (χ3v) is 5.09. The molecule has 5 nitrogen and oxygen atoms in total. The number of anilines is 1. The molecule has 0 radical (unpaired) electrons. The third kappa shape index (κ3) is 5.72. The smallest absolute Gasteiger partial charge is 0.230 e. The van der Waals surface area contributed by atoms with Gasteiger partial charge in [0.2, 0.25) is 5.91 Å². The van der Waals surface area contributed by atoms with Gasteiger partial charge in [-0.1, -0.05) is 26.7 Å². The minimum atomic E-state index is -0.526. The van der Waals surface area contributed by atoms with Crippen molar-refractivity contribution in [2.75, 3.05) is 32.6 Å². The van der Waals surface area contributed by atoms with Gasteiger partial charge in [-0.3, -0.25) is 4.79 Å². The van der Waals surface area contributed by atoms with Gasteiger partial charge in [-0.05, 0) is 57.1 Å². The van der Waals surface area contributed by atoms with E-state index < -0.39 is 6.10 Å². The summed E-state index contributed by atoms with van der Waals surface area (Å²) >= 11 is 0. The second-order valence-electron chi connectivity index (χ2n) is 7.91. The van der Waals surface area contributed by atoms with Gasteiger partial charge in [0, 0.05) is 17.6 Å². The lowest BCUT2D eigenvalue weighted by molar-refractivity contribution is -0.126. The van der Waals surface area contributed by atoms with Crippen LogP contribution in [0, 0.1) is 11.3 Å². The van der Waals surface area contributed by atoms with E-state index in [2.05, 4.69) is 5.32 Å². The highest BCUT2D eigenvalue weighted by atomic mass is 16.5. The second kappa shape index (κ2) is 8.68. The number of rotatable bonds is 8. The van der Waals surface area contributed by atoms with E-state index in [4.69, 9.17) is 4.74 Å². The van der Waals surface area contributed by atoms with Crippen molar-refractivity contribution in [2.24, 2.45) is 11.3 Å². The lowest BCUT2D eigenvalue weighted by atomic mass is 9.77. The number of aliphatic hydroxyl groups is 1. The van der Waals surface area contributed by atoms with Crippen LogP contribution in [0.25, 0.3) is 0 Å². The van der Waals surface area contributed by atoms with Crippen molar-refractivity contribution < 1.29 is 14.6 Å². The molecule has 25 heavy (non-hydrogen) atoms. The van der Waals surface area contributed by atoms with Crippen LogP contribution in [-0.2, 0) is 4.79 Å². The molecule has 0 saturated heterocycles. The first-order valence-corrected chi connectivity index (χ1v) is 9.16. The Labute approximate surface area is 151 Å². The van der Waals surface area contributed by atoms with Crippen LogP contribution in [0.5, 0.6) is 5.75 Å². The maximum Gasteiger partial charge on any atom is 0.230 e. The van der Waals surface area contributed by atoms with E-state index in [1.165, 1.54) is 12.8 Å². The SMILES string of the molecule is CN(C)CC(O)COc1ccc(NC(=O)C(C)(C)C2CCCC2)cc1. The Morgan fingerprint density at radius 3 is 2.44 bits per heavy atom. The molecule has 1 aromatic carbocycles. The van der Waals surface area contributed by atoms with E-state index in [0.29, 0.717) is 18.2 Å². The molecule has 0 aromatic heterocycles. The van der Waals surface area contributed by atoms with Crippen LogP contribution in [0.2, 0.25) is 0 Å². The lowest BCUT2D eigenvalue weighted by Gasteiger charge is -2.30. The molecule has 1 atom stereocenters. The van der Waals surface area contributed by atoms with Crippen molar-refractivity contribution in [1.29, 1.82) is 0 Å². The fraction of sp³-hybridized carbons (Fsp3) is 0.650. The molecule has 0 aliphatic heterocycles. The van der Waals surface area contributed by atoms with E-state index in [-0.39, 0.29) is 17.9 Å². The van der Waals surface area contributed by atoms with Gasteiger partial charge in [0.15, 0.2) is 0 Å². The summed E-state index contributed by atoms with van der Waals surface area (Å²) in [6.45, 7) is 4.90. The predicted molar refractivity (Wildman–Crippen MR) is 101 cm³/mol. The summed E-state index contributed by atoms with van der Waals surface area (Å²) in [5.41, 5.74) is 0.430. The predicted octanol–water partition coefficient (Wildman–Crippen LogP) is 3.14. The summed E-state index contributed by atoms with van der Waals surface area (Å²) < 4.78 is 5.59. The number of benzene rings is 1. The molecule has 0 spiro atoms. The van der Waals surface area contributed by atoms with Crippen molar-refractivity contribution in [3.63, 3.8) is 0 Å². The lowest BCUT2D eigenvalue weighted by Crippen LogP contribution is -2.36. The first-order chi connectivity index (χ1) is 11.8. The maximum absolute atomic E-state index is 12.6. The Bertz CT molecular complexity index is 549. The van der Waals surface area contributed by atoms with E-state index in [1.54, 1.807) is 0 Å². The van der Waals surface area contributed by atoms with Gasteiger partial charge in [-0.25, -0.2) is 0 Å². The van der Waals surface area contributed by atoms with Crippen LogP contribution in [-0.4, -0.2) is 49.3 Å². The van der Waals surface area contributed by atoms with Crippen LogP contribution in [0.3, 0.4) is 0 Å². The number of aliphatic hydroxyl groups excluding tert-OH is 1. The Kier molecular flexibility index (Phi) is 6.85. The zero-order valence-corrected chi connectivity index (χ0v) is 15.9. The Balaban J connectivity index is 1.86. The topological polar surface area (TPSA) is 61.8 Å². The van der Waals surface area contributed by atoms with E-state index >= 15 is 0 Å². The number of likely N-dealkylation sites (N-methyl/N-ethyl adjacent to an activating group) is 1. The third-order valence-electron chi connectivity index (χ3n) is 5.09. The van der Waals surface area contributed by atoms with Gasteiger partial charge in [0.1, 0.15) is 18.5 Å². The Morgan fingerprint density at radius 1 is 1.28 bits per heavy atom. The number of nitrogens with zero attached hydrogens (tertiary/aromatic N) is 1. The number of nitrogens with one attached hydrogen (secondary N) is 1. The number of ether oxygens (including phenoxy) is 1. The summed E-state index contributed by atoms with van der Waals surface area (Å²) in [4.78, 5) is 14.6. The molecule has 0 heterocycles. The summed E-state index contributed by atoms with van der Waals surface area (Å²) in [6, 6.07) is 7.33. The van der Waals surface area contributed by atoms with Crippen molar-refractivity contribution >= 4 is 11.6 Å². The van der Waals surface area contributed by atoms with Gasteiger partial charge < -0.3 is 20.1 Å². The zero-order valence-electron chi connectivity index (χ0n) is 15.9. The molecule has 1 aromatic rings. The summed E-state index contributed by atoms with van der Waals surface area (Å²) in [5, 5.41) is 12.9. The molecule has 5 heteroatoms. The van der Waals surface area contributed by atoms with Gasteiger partial charge in [-0.2, -0.15) is 0 Å². The van der Waals surface area contributed by atoms with Crippen LogP contribution < -0.4 is 10.1 Å². The fourth-order valence-electron chi connectivity index (χ4n) is 3.43. The van der Waals surface area contributed by atoms with Gasteiger partial charge in [-0.15, -0.1) is 0 Å². The van der Waals surface area contributed by atoms with E-state index in [1.807, 2.05) is 57.1 Å². The van der Waals surface area contributed by atoms with Crippen molar-refractivity contribution in [2.45, 2.75) is 45.6 Å². The number of carbonyl (C=O) groups excluding carboxylic acids is 1. The second-order valence-corrected chi connectivity index (χ2v) is 7.91. The summed E-state index contributed by atoms with van der Waals surface area (Å²) in [5.74, 6) is 1.23. The summed E-state index contributed by atoms with van der Waals surface area (Å²) in [6.07, 6.45) is 4.21. The highest BCUT2D eigenvalue weighted by Crippen LogP contribution is 2.40. The molecule has 0 bridgehead atoms. The first-order valence-electron chi connectivity index (χ1n) is 9.16. The molecular weight excluding hydrogens is 316 g/mol. The molecule has 1 aliphatic rings.